The van der Waals surface area contributed by atoms with Gasteiger partial charge in [-0.25, -0.2) is 0 Å². The van der Waals surface area contributed by atoms with Crippen molar-refractivity contribution < 1.29 is 9.90 Å². The minimum atomic E-state index is -0.683. The molecule has 1 fully saturated rings. The first kappa shape index (κ1) is 14.4. The van der Waals surface area contributed by atoms with E-state index in [1.807, 2.05) is 6.92 Å². The maximum Gasteiger partial charge on any atom is 0.321 e. The van der Waals surface area contributed by atoms with Gasteiger partial charge >= 0.3 is 5.97 Å². The van der Waals surface area contributed by atoms with Gasteiger partial charge in [-0.2, -0.15) is 0 Å². The van der Waals surface area contributed by atoms with Gasteiger partial charge in [-0.1, -0.05) is 19.1 Å². The van der Waals surface area contributed by atoms with Crippen LogP contribution in [0.5, 0.6) is 0 Å². The number of hydrogen-bond acceptors (Lipinski definition) is 3. The summed E-state index contributed by atoms with van der Waals surface area (Å²) in [7, 11) is 2.14. The minimum Gasteiger partial charge on any atom is -0.480 e. The van der Waals surface area contributed by atoms with Gasteiger partial charge in [0.15, 0.2) is 0 Å². The monoisotopic (exact) mass is 288 g/mol. The fourth-order valence-electron chi connectivity index (χ4n) is 3.77. The summed E-state index contributed by atoms with van der Waals surface area (Å²) in [6, 6.07) is 6.29. The molecule has 1 N–H and O–H groups in total. The number of likely N-dealkylation sites (tertiary alicyclic amines) is 1. The quantitative estimate of drug-likeness (QED) is 0.927. The van der Waals surface area contributed by atoms with Crippen LogP contribution in [0, 0.1) is 5.92 Å². The van der Waals surface area contributed by atoms with E-state index in [0.29, 0.717) is 0 Å². The Bertz CT molecular complexity index is 544. The molecular weight excluding hydrogens is 264 g/mol. The number of carboxylic acid groups (broad SMARTS) is 1. The van der Waals surface area contributed by atoms with Gasteiger partial charge in [0, 0.05) is 25.8 Å². The Kier molecular flexibility index (Phi) is 3.89. The molecule has 0 aromatic heterocycles. The van der Waals surface area contributed by atoms with E-state index in [1.165, 1.54) is 23.2 Å². The Balaban J connectivity index is 1.78. The molecule has 2 aliphatic heterocycles. The number of hydrogen-bond donors (Lipinski definition) is 1. The van der Waals surface area contributed by atoms with Crippen molar-refractivity contribution in [3.8, 4) is 0 Å². The maximum absolute atomic E-state index is 11.4. The van der Waals surface area contributed by atoms with Crippen molar-refractivity contribution in [2.24, 2.45) is 5.92 Å². The average molecular weight is 288 g/mol. The van der Waals surface area contributed by atoms with Crippen molar-refractivity contribution in [2.75, 3.05) is 25.0 Å². The van der Waals surface area contributed by atoms with Crippen molar-refractivity contribution in [2.45, 2.75) is 38.8 Å². The van der Waals surface area contributed by atoms with E-state index in [2.05, 4.69) is 35.0 Å². The maximum atomic E-state index is 11.4. The van der Waals surface area contributed by atoms with Crippen LogP contribution in [0.15, 0.2) is 18.2 Å². The zero-order valence-electron chi connectivity index (χ0n) is 12.9. The molecule has 2 aliphatic rings. The second kappa shape index (κ2) is 5.68. The Morgan fingerprint density at radius 3 is 2.95 bits per heavy atom. The lowest BCUT2D eigenvalue weighted by atomic mass is 9.99. The third-order valence-corrected chi connectivity index (χ3v) is 4.94. The molecule has 3 rings (SSSR count). The molecule has 0 aliphatic carbocycles. The molecule has 1 aromatic carbocycles. The standard InChI is InChI=1S/C17H24N2O2/c1-12-7-9-19(16(12)17(20)21)11-13-5-6-15-14(10-13)4-3-8-18(15)2/h5-6,10,12,16H,3-4,7-9,11H2,1-2H3,(H,20,21). The molecular formula is C17H24N2O2. The van der Waals surface area contributed by atoms with Crippen LogP contribution in [0.4, 0.5) is 5.69 Å². The van der Waals surface area contributed by atoms with Crippen molar-refractivity contribution in [3.63, 3.8) is 0 Å². The molecule has 0 amide bonds. The lowest BCUT2D eigenvalue weighted by Crippen LogP contribution is -2.38. The highest BCUT2D eigenvalue weighted by Crippen LogP contribution is 2.29. The summed E-state index contributed by atoms with van der Waals surface area (Å²) < 4.78 is 0. The van der Waals surface area contributed by atoms with Gasteiger partial charge in [0.2, 0.25) is 0 Å². The number of aryl methyl sites for hydroxylation is 1. The van der Waals surface area contributed by atoms with Gasteiger partial charge in [0.05, 0.1) is 0 Å². The van der Waals surface area contributed by atoms with Crippen LogP contribution in [0.3, 0.4) is 0 Å². The molecule has 2 unspecified atom stereocenters. The Morgan fingerprint density at radius 1 is 1.38 bits per heavy atom. The first-order valence-electron chi connectivity index (χ1n) is 7.86. The minimum absolute atomic E-state index is 0.242. The molecule has 2 atom stereocenters. The molecule has 0 radical (unpaired) electrons. The molecule has 0 bridgehead atoms. The van der Waals surface area contributed by atoms with E-state index in [0.717, 1.165) is 32.5 Å². The Morgan fingerprint density at radius 2 is 2.19 bits per heavy atom. The summed E-state index contributed by atoms with van der Waals surface area (Å²) in [6.45, 7) is 4.80. The van der Waals surface area contributed by atoms with Crippen LogP contribution < -0.4 is 4.90 Å². The second-order valence-corrected chi connectivity index (χ2v) is 6.51. The predicted molar refractivity (Wildman–Crippen MR) is 83.6 cm³/mol. The molecule has 1 aromatic rings. The number of fused-ring (bicyclic) bond motifs is 1. The van der Waals surface area contributed by atoms with E-state index in [1.54, 1.807) is 0 Å². The molecule has 0 spiro atoms. The summed E-state index contributed by atoms with van der Waals surface area (Å²) in [5.74, 6) is -0.441. The van der Waals surface area contributed by atoms with E-state index >= 15 is 0 Å². The third-order valence-electron chi connectivity index (χ3n) is 4.94. The second-order valence-electron chi connectivity index (χ2n) is 6.51. The number of carboxylic acids is 1. The van der Waals surface area contributed by atoms with Crippen LogP contribution in [-0.2, 0) is 17.8 Å². The van der Waals surface area contributed by atoms with Gasteiger partial charge in [-0.3, -0.25) is 9.69 Å². The number of rotatable bonds is 3. The highest BCUT2D eigenvalue weighted by atomic mass is 16.4. The summed E-state index contributed by atoms with van der Waals surface area (Å²) in [5, 5.41) is 9.41. The highest BCUT2D eigenvalue weighted by Gasteiger charge is 2.36. The molecule has 21 heavy (non-hydrogen) atoms. The van der Waals surface area contributed by atoms with Gasteiger partial charge in [-0.05, 0) is 48.9 Å². The van der Waals surface area contributed by atoms with Crippen molar-refractivity contribution in [3.05, 3.63) is 29.3 Å². The summed E-state index contributed by atoms with van der Waals surface area (Å²) in [4.78, 5) is 15.9. The van der Waals surface area contributed by atoms with Gasteiger partial charge < -0.3 is 10.0 Å². The van der Waals surface area contributed by atoms with Crippen LogP contribution in [0.25, 0.3) is 0 Å². The Labute approximate surface area is 126 Å². The molecule has 114 valence electrons. The van der Waals surface area contributed by atoms with Crippen LogP contribution >= 0.6 is 0 Å². The van der Waals surface area contributed by atoms with Gasteiger partial charge in [-0.15, -0.1) is 0 Å². The zero-order chi connectivity index (χ0) is 15.0. The van der Waals surface area contributed by atoms with E-state index in [9.17, 15) is 9.90 Å². The molecule has 2 heterocycles. The molecule has 1 saturated heterocycles. The fraction of sp³-hybridized carbons (Fsp3) is 0.588. The smallest absolute Gasteiger partial charge is 0.321 e. The number of aliphatic carboxylic acids is 1. The number of anilines is 1. The van der Waals surface area contributed by atoms with E-state index in [4.69, 9.17) is 0 Å². The lowest BCUT2D eigenvalue weighted by molar-refractivity contribution is -0.143. The summed E-state index contributed by atoms with van der Waals surface area (Å²) >= 11 is 0. The average Bonchev–Trinajstić information content (AvgIpc) is 2.80. The molecule has 0 saturated carbocycles. The SMILES string of the molecule is CC1CCN(Cc2ccc3c(c2)CCCN3C)C1C(=O)O. The van der Waals surface area contributed by atoms with E-state index in [-0.39, 0.29) is 12.0 Å². The number of carbonyl (C=O) groups is 1. The van der Waals surface area contributed by atoms with Crippen LogP contribution in [-0.4, -0.2) is 42.2 Å². The predicted octanol–water partition coefficient (Wildman–Crippen LogP) is 2.36. The third kappa shape index (κ3) is 2.77. The first-order valence-corrected chi connectivity index (χ1v) is 7.86. The number of nitrogens with zero attached hydrogens (tertiary/aromatic N) is 2. The largest absolute Gasteiger partial charge is 0.480 e. The van der Waals surface area contributed by atoms with Gasteiger partial charge in [0.1, 0.15) is 6.04 Å². The Hall–Kier alpha value is -1.55. The molecule has 4 heteroatoms. The van der Waals surface area contributed by atoms with Crippen molar-refractivity contribution in [1.29, 1.82) is 0 Å². The summed E-state index contributed by atoms with van der Waals surface area (Å²) in [5.41, 5.74) is 3.97. The van der Waals surface area contributed by atoms with Crippen molar-refractivity contribution in [1.82, 2.24) is 4.90 Å². The normalized spacial score (nSPS) is 25.9. The summed E-state index contributed by atoms with van der Waals surface area (Å²) in [6.07, 6.45) is 3.31. The lowest BCUT2D eigenvalue weighted by Gasteiger charge is -2.29. The van der Waals surface area contributed by atoms with E-state index < -0.39 is 5.97 Å². The highest BCUT2D eigenvalue weighted by molar-refractivity contribution is 5.74. The molecule has 4 nitrogen and oxygen atoms in total. The number of benzene rings is 1. The van der Waals surface area contributed by atoms with Crippen molar-refractivity contribution >= 4 is 11.7 Å². The van der Waals surface area contributed by atoms with Crippen LogP contribution in [0.2, 0.25) is 0 Å². The topological polar surface area (TPSA) is 43.8 Å². The first-order chi connectivity index (χ1) is 10.1. The zero-order valence-corrected chi connectivity index (χ0v) is 12.9. The van der Waals surface area contributed by atoms with Crippen LogP contribution in [0.1, 0.15) is 30.9 Å². The van der Waals surface area contributed by atoms with Gasteiger partial charge in [0.25, 0.3) is 0 Å². The fourth-order valence-corrected chi connectivity index (χ4v) is 3.77.